The van der Waals surface area contributed by atoms with Gasteiger partial charge in [-0.3, -0.25) is 14.6 Å². The third-order valence-electron chi connectivity index (χ3n) is 10.6. The highest BCUT2D eigenvalue weighted by atomic mass is 35.5. The van der Waals surface area contributed by atoms with Crippen molar-refractivity contribution in [1.29, 1.82) is 0 Å². The number of ketones is 1. The minimum Gasteiger partial charge on any atom is -0.478 e. The molecule has 1 heterocycles. The summed E-state index contributed by atoms with van der Waals surface area (Å²) in [6.45, 7) is 1.62. The number of carbonyl (C=O) groups is 4. The number of carbonyl (C=O) groups excluding carboxylic acids is 2. The first kappa shape index (κ1) is 43.3. The third kappa shape index (κ3) is 9.72. The van der Waals surface area contributed by atoms with Crippen LogP contribution in [0.1, 0.15) is 76.5 Å². The minimum absolute atomic E-state index is 0.0111. The second kappa shape index (κ2) is 19.3. The lowest BCUT2D eigenvalue weighted by atomic mass is 9.84. The molecule has 0 bridgehead atoms. The molecule has 3 aliphatic rings. The summed E-state index contributed by atoms with van der Waals surface area (Å²) in [6.07, 6.45) is 11.2. The fraction of sp³-hybridized carbons (Fsp3) is 0.100. The Hall–Kier alpha value is -6.78. The molecule has 0 spiro atoms. The summed E-state index contributed by atoms with van der Waals surface area (Å²) in [7, 11) is 0. The number of aryl methyl sites for hydroxylation is 1. The monoisotopic (exact) mass is 881 g/mol. The number of benzene rings is 6. The van der Waals surface area contributed by atoms with Crippen molar-refractivity contribution in [3.05, 3.63) is 208 Å². The van der Waals surface area contributed by atoms with Gasteiger partial charge in [0.05, 0.1) is 26.7 Å². The van der Waals surface area contributed by atoms with Crippen LogP contribution in [0.3, 0.4) is 0 Å². The highest BCUT2D eigenvalue weighted by Crippen LogP contribution is 2.31. The van der Waals surface area contributed by atoms with Crippen LogP contribution in [0.4, 0.5) is 11.4 Å². The van der Waals surface area contributed by atoms with E-state index in [1.165, 1.54) is 51.0 Å². The molecule has 0 unspecified atom stereocenters. The van der Waals surface area contributed by atoms with E-state index in [9.17, 15) is 19.2 Å². The molecular weight excluding hydrogens is 845 g/mol. The Morgan fingerprint density at radius 2 is 1.44 bits per heavy atom. The second-order valence-electron chi connectivity index (χ2n) is 14.5. The van der Waals surface area contributed by atoms with Crippen LogP contribution in [0.5, 0.6) is 0 Å². The fourth-order valence-electron chi connectivity index (χ4n) is 7.51. The fourth-order valence-corrected chi connectivity index (χ4v) is 8.20. The van der Waals surface area contributed by atoms with E-state index in [4.69, 9.17) is 45.0 Å². The van der Waals surface area contributed by atoms with E-state index in [-0.39, 0.29) is 32.5 Å². The van der Waals surface area contributed by atoms with Gasteiger partial charge in [0, 0.05) is 51.7 Å². The van der Waals surface area contributed by atoms with Gasteiger partial charge in [0.25, 0.3) is 5.91 Å². The molecule has 0 atom stereocenters. The van der Waals surface area contributed by atoms with Crippen LogP contribution in [0.2, 0.25) is 15.1 Å². The van der Waals surface area contributed by atoms with E-state index in [0.717, 1.165) is 53.8 Å². The summed E-state index contributed by atoms with van der Waals surface area (Å²) >= 11 is 18.3. The molecule has 12 heteroatoms. The predicted octanol–water partition coefficient (Wildman–Crippen LogP) is 10.3. The molecule has 1 amide bonds. The quantitative estimate of drug-likeness (QED) is 0.0963. The maximum absolute atomic E-state index is 13.6. The predicted molar refractivity (Wildman–Crippen MR) is 246 cm³/mol. The molecule has 9 nitrogen and oxygen atoms in total. The number of para-hydroxylation sites is 1. The molecule has 310 valence electrons. The average molecular weight is 883 g/mol. The van der Waals surface area contributed by atoms with Gasteiger partial charge in [-0.25, -0.2) is 9.59 Å². The van der Waals surface area contributed by atoms with Crippen LogP contribution in [0.15, 0.2) is 133 Å². The SMILES string of the molecule is C1=CNc2ccccc2C=N1.Cc1ccc(C(=O)O)cc1C(=O)O.O=C(C1=c2ccc3c(c2CCC1)CC=c1ccccc1=3)c1ccc(NC(=O)c2cc(Cl)cc(Cl)c2Cl)cc1. The number of Topliss-reactive ketones (excluding diaryl/α,β-unsaturated/α-hetero) is 1. The van der Waals surface area contributed by atoms with Gasteiger partial charge in [-0.2, -0.15) is 0 Å². The molecule has 62 heavy (non-hydrogen) atoms. The summed E-state index contributed by atoms with van der Waals surface area (Å²) in [5.74, 6) is -2.64. The second-order valence-corrected chi connectivity index (χ2v) is 15.7. The van der Waals surface area contributed by atoms with Crippen molar-refractivity contribution in [2.75, 3.05) is 10.6 Å². The lowest BCUT2D eigenvalue weighted by Crippen LogP contribution is -2.25. The van der Waals surface area contributed by atoms with Crippen molar-refractivity contribution in [3.8, 4) is 0 Å². The number of nitrogens with one attached hydrogen (secondary N) is 2. The number of aliphatic imine (C=N–C) groups is 1. The lowest BCUT2D eigenvalue weighted by molar-refractivity contribution is 0.0695. The zero-order valence-electron chi connectivity index (χ0n) is 33.2. The summed E-state index contributed by atoms with van der Waals surface area (Å²) in [4.78, 5) is 51.5. The third-order valence-corrected chi connectivity index (χ3v) is 11.6. The molecule has 6 aromatic rings. The van der Waals surface area contributed by atoms with Crippen molar-refractivity contribution in [3.63, 3.8) is 0 Å². The van der Waals surface area contributed by atoms with E-state index >= 15 is 0 Å². The molecule has 4 N–H and O–H groups in total. The van der Waals surface area contributed by atoms with Gasteiger partial charge in [0.15, 0.2) is 5.78 Å². The van der Waals surface area contributed by atoms with Crippen molar-refractivity contribution >= 4 is 87.7 Å². The number of halogens is 3. The van der Waals surface area contributed by atoms with E-state index in [2.05, 4.69) is 58.1 Å². The molecule has 0 saturated heterocycles. The summed E-state index contributed by atoms with van der Waals surface area (Å²) in [5, 5.41) is 28.7. The number of hydrogen-bond donors (Lipinski definition) is 4. The summed E-state index contributed by atoms with van der Waals surface area (Å²) in [6, 6.07) is 34.7. The van der Waals surface area contributed by atoms with Crippen LogP contribution in [0.25, 0.3) is 11.6 Å². The van der Waals surface area contributed by atoms with Gasteiger partial charge in [-0.05, 0) is 125 Å². The molecule has 0 saturated carbocycles. The Morgan fingerprint density at radius 1 is 0.710 bits per heavy atom. The van der Waals surface area contributed by atoms with E-state index in [1.807, 2.05) is 36.7 Å². The first-order valence-corrected chi connectivity index (χ1v) is 20.7. The number of aromatic carboxylic acids is 2. The maximum Gasteiger partial charge on any atom is 0.335 e. The Kier molecular flexibility index (Phi) is 13.5. The number of carboxylic acids is 2. The Balaban J connectivity index is 0.000000195. The zero-order valence-corrected chi connectivity index (χ0v) is 35.5. The van der Waals surface area contributed by atoms with Crippen LogP contribution < -0.4 is 21.1 Å². The molecule has 2 aliphatic carbocycles. The highest BCUT2D eigenvalue weighted by molar-refractivity contribution is 6.45. The Bertz CT molecular complexity index is 3070. The minimum atomic E-state index is -1.12. The number of amides is 1. The highest BCUT2D eigenvalue weighted by Gasteiger charge is 2.21. The average Bonchev–Trinajstić information content (AvgIpc) is 3.53. The zero-order chi connectivity index (χ0) is 43.9. The van der Waals surface area contributed by atoms with Crippen molar-refractivity contribution < 1.29 is 29.4 Å². The normalized spacial score (nSPS) is 12.7. The molecule has 9 rings (SSSR count). The summed E-state index contributed by atoms with van der Waals surface area (Å²) in [5.41, 5.74) is 7.59. The van der Waals surface area contributed by atoms with E-state index in [0.29, 0.717) is 21.8 Å². The lowest BCUT2D eigenvalue weighted by Gasteiger charge is -2.20. The number of carboxylic acid groups (broad SMARTS) is 2. The van der Waals surface area contributed by atoms with Crippen molar-refractivity contribution in [2.24, 2.45) is 4.99 Å². The molecule has 0 fully saturated rings. The molecule has 1 aliphatic heterocycles. The molecule has 0 radical (unpaired) electrons. The molecular formula is C50H38Cl3N3O6. The van der Waals surface area contributed by atoms with Gasteiger partial charge < -0.3 is 20.8 Å². The van der Waals surface area contributed by atoms with Crippen molar-refractivity contribution in [2.45, 2.75) is 32.6 Å². The van der Waals surface area contributed by atoms with Gasteiger partial charge in [-0.1, -0.05) is 102 Å². The molecule has 0 aromatic heterocycles. The topological polar surface area (TPSA) is 145 Å². The summed E-state index contributed by atoms with van der Waals surface area (Å²) < 4.78 is 0. The first-order valence-electron chi connectivity index (χ1n) is 19.5. The Morgan fingerprint density at radius 3 is 2.21 bits per heavy atom. The largest absolute Gasteiger partial charge is 0.478 e. The number of fused-ring (bicyclic) bond motifs is 5. The smallest absolute Gasteiger partial charge is 0.335 e. The van der Waals surface area contributed by atoms with Gasteiger partial charge in [0.2, 0.25) is 0 Å². The van der Waals surface area contributed by atoms with E-state index in [1.54, 1.807) is 37.4 Å². The standard InChI is InChI=1S/C32H22Cl3NO2.C9H8N2.C9H8O4/c33-20-16-28(30(35)29(34)17-20)32(38)36-21-11-8-19(9-12-21)31(37)27-7-3-6-23-25-13-10-18-4-1-2-5-22(18)24(25)14-15-26(23)27;1-2-4-9-8(3-1)7-10-5-6-11-9;1-5-2-3-6(8(10)11)4-7(5)9(12)13/h1-2,4-5,8-12,14-17H,3,6-7,13H2,(H,36,38);1-7,11H;2-4H,1H3,(H,10,11)(H,12,13). The number of nitrogens with zero attached hydrogens (tertiary/aromatic N) is 1. The Labute approximate surface area is 371 Å². The van der Waals surface area contributed by atoms with Crippen molar-refractivity contribution in [1.82, 2.24) is 0 Å². The number of rotatable bonds is 6. The first-order chi connectivity index (χ1) is 29.9. The van der Waals surface area contributed by atoms with Gasteiger partial charge in [-0.15, -0.1) is 0 Å². The maximum atomic E-state index is 13.6. The number of hydrogen-bond acceptors (Lipinski definition) is 6. The van der Waals surface area contributed by atoms with Crippen LogP contribution in [-0.2, 0) is 12.8 Å². The van der Waals surface area contributed by atoms with E-state index < -0.39 is 17.8 Å². The van der Waals surface area contributed by atoms with Crippen LogP contribution >= 0.6 is 34.8 Å². The molecule has 6 aromatic carbocycles. The van der Waals surface area contributed by atoms with Crippen LogP contribution in [-0.4, -0.2) is 40.1 Å². The van der Waals surface area contributed by atoms with Gasteiger partial charge >= 0.3 is 11.9 Å². The van der Waals surface area contributed by atoms with Crippen LogP contribution in [0, 0.1) is 17.4 Å². The van der Waals surface area contributed by atoms with Gasteiger partial charge in [0.1, 0.15) is 0 Å². The number of anilines is 2.